The number of rotatable bonds is 1. The predicted molar refractivity (Wildman–Crippen MR) is 56.0 cm³/mol. The summed E-state index contributed by atoms with van der Waals surface area (Å²) in [5.74, 6) is -0.239. The van der Waals surface area contributed by atoms with Crippen LogP contribution in [-0.4, -0.2) is 11.1 Å². The fourth-order valence-corrected chi connectivity index (χ4v) is 1.54. The molecule has 1 heterocycles. The maximum absolute atomic E-state index is 11.3. The zero-order chi connectivity index (χ0) is 10.1. The fourth-order valence-electron chi connectivity index (χ4n) is 1.21. The topological polar surface area (TPSA) is 38.3 Å². The SMILES string of the molecule is O=C1NC(=S)OC1c1ccc(Cl)cc1. The molecule has 72 valence electrons. The Morgan fingerprint density at radius 1 is 1.36 bits per heavy atom. The molecule has 0 aromatic heterocycles. The molecule has 1 atom stereocenters. The molecule has 0 radical (unpaired) electrons. The molecule has 1 aliphatic heterocycles. The van der Waals surface area contributed by atoms with Gasteiger partial charge < -0.3 is 4.74 Å². The number of hydrogen-bond donors (Lipinski definition) is 1. The van der Waals surface area contributed by atoms with Crippen LogP contribution in [0.3, 0.4) is 0 Å². The van der Waals surface area contributed by atoms with Crippen molar-refractivity contribution in [1.82, 2.24) is 5.32 Å². The molecule has 1 amide bonds. The third-order valence-corrected chi connectivity index (χ3v) is 2.31. The highest BCUT2D eigenvalue weighted by Crippen LogP contribution is 2.23. The maximum atomic E-state index is 11.3. The number of ether oxygens (including phenoxy) is 1. The van der Waals surface area contributed by atoms with Gasteiger partial charge in [-0.1, -0.05) is 23.7 Å². The number of hydrogen-bond acceptors (Lipinski definition) is 3. The zero-order valence-electron chi connectivity index (χ0n) is 6.99. The number of thiocarbonyl (C=S) groups is 1. The van der Waals surface area contributed by atoms with Crippen LogP contribution in [0.15, 0.2) is 24.3 Å². The standard InChI is InChI=1S/C9H6ClNO2S/c10-6-3-1-5(2-4-6)7-8(12)11-9(14)13-7/h1-4,7H,(H,11,12,14). The monoisotopic (exact) mass is 227 g/mol. The van der Waals surface area contributed by atoms with E-state index in [0.717, 1.165) is 5.56 Å². The number of carbonyl (C=O) groups excluding carboxylic acids is 1. The van der Waals surface area contributed by atoms with Crippen molar-refractivity contribution in [2.45, 2.75) is 6.10 Å². The molecule has 5 heteroatoms. The van der Waals surface area contributed by atoms with E-state index in [4.69, 9.17) is 28.6 Å². The summed E-state index contributed by atoms with van der Waals surface area (Å²) in [5.41, 5.74) is 0.742. The Bertz CT molecular complexity index is 390. The second-order valence-electron chi connectivity index (χ2n) is 2.83. The van der Waals surface area contributed by atoms with Gasteiger partial charge in [0.2, 0.25) is 6.10 Å². The Morgan fingerprint density at radius 2 is 2.00 bits per heavy atom. The number of amides is 1. The Balaban J connectivity index is 2.27. The van der Waals surface area contributed by atoms with Crippen LogP contribution in [0.4, 0.5) is 0 Å². The highest BCUT2D eigenvalue weighted by molar-refractivity contribution is 7.80. The summed E-state index contributed by atoms with van der Waals surface area (Å²) in [6, 6.07) is 6.88. The molecule has 1 saturated heterocycles. The summed E-state index contributed by atoms with van der Waals surface area (Å²) in [6.07, 6.45) is -0.639. The van der Waals surface area contributed by atoms with Crippen molar-refractivity contribution in [2.24, 2.45) is 0 Å². The molecule has 0 spiro atoms. The molecule has 1 N–H and O–H groups in total. The van der Waals surface area contributed by atoms with Gasteiger partial charge in [-0.15, -0.1) is 0 Å². The summed E-state index contributed by atoms with van der Waals surface area (Å²) < 4.78 is 5.13. The van der Waals surface area contributed by atoms with Crippen LogP contribution in [0.2, 0.25) is 5.02 Å². The largest absolute Gasteiger partial charge is 0.452 e. The number of benzene rings is 1. The Kier molecular flexibility index (Phi) is 2.39. The Morgan fingerprint density at radius 3 is 2.50 bits per heavy atom. The number of nitrogens with one attached hydrogen (secondary N) is 1. The molecule has 2 rings (SSSR count). The highest BCUT2D eigenvalue weighted by atomic mass is 35.5. The third-order valence-electron chi connectivity index (χ3n) is 1.86. The van der Waals surface area contributed by atoms with Crippen molar-refractivity contribution in [1.29, 1.82) is 0 Å². The maximum Gasteiger partial charge on any atom is 0.273 e. The lowest BCUT2D eigenvalue weighted by molar-refractivity contribution is -0.123. The lowest BCUT2D eigenvalue weighted by Crippen LogP contribution is -2.20. The van der Waals surface area contributed by atoms with E-state index in [0.29, 0.717) is 5.02 Å². The van der Waals surface area contributed by atoms with Gasteiger partial charge in [-0.3, -0.25) is 10.1 Å². The van der Waals surface area contributed by atoms with E-state index in [1.54, 1.807) is 24.3 Å². The minimum Gasteiger partial charge on any atom is -0.452 e. The van der Waals surface area contributed by atoms with Crippen LogP contribution >= 0.6 is 23.8 Å². The van der Waals surface area contributed by atoms with Crippen LogP contribution in [0, 0.1) is 0 Å². The Labute approximate surface area is 91.0 Å². The predicted octanol–water partition coefficient (Wildman–Crippen LogP) is 1.81. The number of halogens is 1. The molecule has 0 aliphatic carbocycles. The van der Waals surface area contributed by atoms with Crippen molar-refractivity contribution >= 4 is 34.9 Å². The van der Waals surface area contributed by atoms with Crippen LogP contribution in [0.25, 0.3) is 0 Å². The lowest BCUT2D eigenvalue weighted by Gasteiger charge is -2.06. The van der Waals surface area contributed by atoms with Crippen molar-refractivity contribution in [3.8, 4) is 0 Å². The van der Waals surface area contributed by atoms with Gasteiger partial charge in [-0.25, -0.2) is 0 Å². The first-order valence-corrected chi connectivity index (χ1v) is 4.72. The van der Waals surface area contributed by atoms with E-state index in [9.17, 15) is 4.79 Å². The summed E-state index contributed by atoms with van der Waals surface area (Å²) in [7, 11) is 0. The molecular weight excluding hydrogens is 222 g/mol. The van der Waals surface area contributed by atoms with Gasteiger partial charge in [0, 0.05) is 10.6 Å². The molecule has 1 aromatic rings. The first kappa shape index (κ1) is 9.43. The van der Waals surface area contributed by atoms with Crippen molar-refractivity contribution in [3.05, 3.63) is 34.9 Å². The summed E-state index contributed by atoms with van der Waals surface area (Å²) in [5, 5.41) is 3.16. The smallest absolute Gasteiger partial charge is 0.273 e. The minimum atomic E-state index is -0.639. The van der Waals surface area contributed by atoms with Gasteiger partial charge in [-0.05, 0) is 24.4 Å². The van der Waals surface area contributed by atoms with Gasteiger partial charge in [0.05, 0.1) is 0 Å². The minimum absolute atomic E-state index is 0.120. The zero-order valence-corrected chi connectivity index (χ0v) is 8.56. The van der Waals surface area contributed by atoms with Crippen LogP contribution < -0.4 is 5.32 Å². The number of carbonyl (C=O) groups is 1. The Hall–Kier alpha value is -1.13. The first-order chi connectivity index (χ1) is 6.66. The molecule has 1 aromatic carbocycles. The molecule has 1 unspecified atom stereocenters. The van der Waals surface area contributed by atoms with Gasteiger partial charge in [0.25, 0.3) is 11.1 Å². The molecule has 3 nitrogen and oxygen atoms in total. The van der Waals surface area contributed by atoms with Crippen molar-refractivity contribution < 1.29 is 9.53 Å². The van der Waals surface area contributed by atoms with Crippen molar-refractivity contribution in [3.63, 3.8) is 0 Å². The van der Waals surface area contributed by atoms with E-state index in [1.165, 1.54) is 0 Å². The van der Waals surface area contributed by atoms with Crippen molar-refractivity contribution in [2.75, 3.05) is 0 Å². The molecule has 1 aliphatic rings. The highest BCUT2D eigenvalue weighted by Gasteiger charge is 2.30. The normalized spacial score (nSPS) is 20.5. The summed E-state index contributed by atoms with van der Waals surface area (Å²) in [6.45, 7) is 0. The van der Waals surface area contributed by atoms with Gasteiger partial charge in [0.1, 0.15) is 0 Å². The van der Waals surface area contributed by atoms with Gasteiger partial charge >= 0.3 is 0 Å². The lowest BCUT2D eigenvalue weighted by atomic mass is 10.1. The second-order valence-corrected chi connectivity index (χ2v) is 3.63. The van der Waals surface area contributed by atoms with E-state index < -0.39 is 6.10 Å². The second kappa shape index (κ2) is 3.55. The molecule has 0 saturated carbocycles. The molecule has 14 heavy (non-hydrogen) atoms. The van der Waals surface area contributed by atoms with E-state index in [-0.39, 0.29) is 11.1 Å². The van der Waals surface area contributed by atoms with Crippen LogP contribution in [0.5, 0.6) is 0 Å². The summed E-state index contributed by atoms with van der Waals surface area (Å²) >= 11 is 10.4. The average molecular weight is 228 g/mol. The summed E-state index contributed by atoms with van der Waals surface area (Å²) in [4.78, 5) is 11.3. The first-order valence-electron chi connectivity index (χ1n) is 3.94. The van der Waals surface area contributed by atoms with Crippen LogP contribution in [0.1, 0.15) is 11.7 Å². The molecule has 0 bridgehead atoms. The quantitative estimate of drug-likeness (QED) is 0.744. The van der Waals surface area contributed by atoms with E-state index in [2.05, 4.69) is 5.32 Å². The van der Waals surface area contributed by atoms with Gasteiger partial charge in [-0.2, -0.15) is 0 Å². The van der Waals surface area contributed by atoms with E-state index in [1.807, 2.05) is 0 Å². The fraction of sp³-hybridized carbons (Fsp3) is 0.111. The molecular formula is C9H6ClNO2S. The van der Waals surface area contributed by atoms with E-state index >= 15 is 0 Å². The average Bonchev–Trinajstić information content (AvgIpc) is 2.47. The van der Waals surface area contributed by atoms with Crippen LogP contribution in [-0.2, 0) is 9.53 Å². The molecule has 1 fully saturated rings. The van der Waals surface area contributed by atoms with Gasteiger partial charge in [0.15, 0.2) is 0 Å². The third kappa shape index (κ3) is 1.71.